The summed E-state index contributed by atoms with van der Waals surface area (Å²) in [6.45, 7) is 3.97. The van der Waals surface area contributed by atoms with Gasteiger partial charge in [-0.1, -0.05) is 17.4 Å². The normalized spacial score (nSPS) is 16.7. The molecule has 0 aliphatic carbocycles. The first-order valence-corrected chi connectivity index (χ1v) is 8.56. The summed E-state index contributed by atoms with van der Waals surface area (Å²) in [6, 6.07) is 4.03. The summed E-state index contributed by atoms with van der Waals surface area (Å²) in [6.07, 6.45) is 2.63. The summed E-state index contributed by atoms with van der Waals surface area (Å²) in [5, 5.41) is 0.453. The highest BCUT2D eigenvalue weighted by Crippen LogP contribution is 2.34. The molecule has 1 saturated heterocycles. The molecule has 0 unspecified atom stereocenters. The molecule has 2 aromatic rings. The van der Waals surface area contributed by atoms with Crippen molar-refractivity contribution in [2.24, 2.45) is 4.99 Å². The van der Waals surface area contributed by atoms with E-state index in [9.17, 15) is 13.6 Å². The van der Waals surface area contributed by atoms with E-state index in [1.165, 1.54) is 30.4 Å². The van der Waals surface area contributed by atoms with E-state index in [0.29, 0.717) is 29.6 Å². The third-order valence-electron chi connectivity index (χ3n) is 3.94. The Morgan fingerprint density at radius 2 is 2.12 bits per heavy atom. The van der Waals surface area contributed by atoms with E-state index in [0.717, 1.165) is 23.8 Å². The number of hydrogen-bond donors (Lipinski definition) is 0. The van der Waals surface area contributed by atoms with Gasteiger partial charge in [-0.2, -0.15) is 0 Å². The van der Waals surface area contributed by atoms with E-state index in [-0.39, 0.29) is 11.5 Å². The van der Waals surface area contributed by atoms with Gasteiger partial charge in [0.15, 0.2) is 11.6 Å². The van der Waals surface area contributed by atoms with Gasteiger partial charge in [0.05, 0.1) is 5.69 Å². The van der Waals surface area contributed by atoms with Crippen LogP contribution in [0.5, 0.6) is 0 Å². The Morgan fingerprint density at radius 1 is 1.33 bits per heavy atom. The lowest BCUT2D eigenvalue weighted by molar-refractivity contribution is -0.125. The van der Waals surface area contributed by atoms with Crippen molar-refractivity contribution in [2.75, 3.05) is 6.54 Å². The number of halogens is 2. The van der Waals surface area contributed by atoms with Crippen LogP contribution in [0.25, 0.3) is 11.3 Å². The number of rotatable bonds is 2. The van der Waals surface area contributed by atoms with Gasteiger partial charge in [-0.3, -0.25) is 4.79 Å². The highest BCUT2D eigenvalue weighted by Gasteiger charge is 2.21. The molecule has 1 aliphatic heterocycles. The van der Waals surface area contributed by atoms with Gasteiger partial charge in [-0.15, -0.1) is 0 Å². The molecule has 1 aliphatic rings. The van der Waals surface area contributed by atoms with Crippen molar-refractivity contribution in [3.05, 3.63) is 34.7 Å². The highest BCUT2D eigenvalue weighted by molar-refractivity contribution is 7.15. The van der Waals surface area contributed by atoms with Crippen molar-refractivity contribution >= 4 is 28.2 Å². The third kappa shape index (κ3) is 3.21. The molecule has 3 rings (SSSR count). The molecule has 0 saturated carbocycles. The van der Waals surface area contributed by atoms with Crippen LogP contribution in [-0.4, -0.2) is 28.2 Å². The van der Waals surface area contributed by atoms with Gasteiger partial charge in [-0.05, 0) is 31.9 Å². The molecule has 1 aromatic heterocycles. The van der Waals surface area contributed by atoms with Crippen LogP contribution in [0, 0.1) is 18.6 Å². The van der Waals surface area contributed by atoms with Crippen LogP contribution in [-0.2, 0) is 4.79 Å². The topological polar surface area (TPSA) is 45.6 Å². The number of carbonyl (C=O) groups is 1. The summed E-state index contributed by atoms with van der Waals surface area (Å²) in [7, 11) is 0. The number of carbonyl (C=O) groups excluding carboxylic acids is 1. The van der Waals surface area contributed by atoms with E-state index in [1.54, 1.807) is 11.8 Å². The number of aromatic nitrogens is 1. The van der Waals surface area contributed by atoms with E-state index in [1.807, 2.05) is 0 Å². The van der Waals surface area contributed by atoms with Gasteiger partial charge in [0.2, 0.25) is 11.0 Å². The van der Waals surface area contributed by atoms with Crippen LogP contribution in [0.2, 0.25) is 0 Å². The van der Waals surface area contributed by atoms with Crippen molar-refractivity contribution in [1.29, 1.82) is 0 Å². The Labute approximate surface area is 142 Å². The molecular formula is C17H17F2N3OS. The van der Waals surface area contributed by atoms with Crippen molar-refractivity contribution in [3.63, 3.8) is 0 Å². The maximum Gasteiger partial charge on any atom is 0.224 e. The zero-order valence-electron chi connectivity index (χ0n) is 13.5. The van der Waals surface area contributed by atoms with Gasteiger partial charge in [0, 0.05) is 30.3 Å². The van der Waals surface area contributed by atoms with E-state index in [4.69, 9.17) is 0 Å². The van der Waals surface area contributed by atoms with Crippen molar-refractivity contribution in [2.45, 2.75) is 33.1 Å². The maximum atomic E-state index is 14.0. The van der Waals surface area contributed by atoms with Crippen LogP contribution < -0.4 is 0 Å². The lowest BCUT2D eigenvalue weighted by Gasteiger charge is -2.26. The van der Waals surface area contributed by atoms with Crippen LogP contribution in [0.15, 0.2) is 23.2 Å². The largest absolute Gasteiger partial charge is 0.300 e. The number of amides is 1. The zero-order chi connectivity index (χ0) is 17.3. The number of aryl methyl sites for hydroxylation is 1. The Bertz CT molecular complexity index is 816. The number of aliphatic imine (C=N–C) groups is 1. The Morgan fingerprint density at radius 3 is 2.88 bits per heavy atom. The molecule has 0 N–H and O–H groups in total. The van der Waals surface area contributed by atoms with E-state index in [2.05, 4.69) is 9.98 Å². The minimum Gasteiger partial charge on any atom is -0.300 e. The molecule has 126 valence electrons. The molecular weight excluding hydrogens is 332 g/mol. The number of hydrogen-bond acceptors (Lipinski definition) is 4. The lowest BCUT2D eigenvalue weighted by atomic mass is 10.1. The fourth-order valence-electron chi connectivity index (χ4n) is 2.75. The lowest BCUT2D eigenvalue weighted by Crippen LogP contribution is -2.38. The van der Waals surface area contributed by atoms with Gasteiger partial charge < -0.3 is 4.90 Å². The molecule has 24 heavy (non-hydrogen) atoms. The first kappa shape index (κ1) is 16.7. The summed E-state index contributed by atoms with van der Waals surface area (Å²) in [4.78, 5) is 23.0. The number of piperidine rings is 1. The summed E-state index contributed by atoms with van der Waals surface area (Å²) >= 11 is 1.31. The first-order chi connectivity index (χ1) is 11.5. The molecule has 1 aromatic carbocycles. The summed E-state index contributed by atoms with van der Waals surface area (Å²) < 4.78 is 27.4. The second-order valence-electron chi connectivity index (χ2n) is 5.66. The highest BCUT2D eigenvalue weighted by atomic mass is 32.1. The molecule has 4 nitrogen and oxygen atoms in total. The second-order valence-corrected chi connectivity index (χ2v) is 6.84. The van der Waals surface area contributed by atoms with Crippen LogP contribution in [0.1, 0.15) is 31.1 Å². The van der Waals surface area contributed by atoms with Crippen molar-refractivity contribution in [3.8, 4) is 11.3 Å². The minimum absolute atomic E-state index is 0.0434. The van der Waals surface area contributed by atoms with Crippen LogP contribution in [0.4, 0.5) is 13.9 Å². The predicted octanol–water partition coefficient (Wildman–Crippen LogP) is 4.46. The Hall–Kier alpha value is -2.15. The van der Waals surface area contributed by atoms with Gasteiger partial charge in [0.1, 0.15) is 5.84 Å². The molecule has 1 fully saturated rings. The monoisotopic (exact) mass is 349 g/mol. The third-order valence-corrected chi connectivity index (χ3v) is 4.81. The number of benzene rings is 1. The Kier molecular flexibility index (Phi) is 4.71. The average molecular weight is 349 g/mol. The van der Waals surface area contributed by atoms with Crippen molar-refractivity contribution < 1.29 is 13.6 Å². The molecule has 7 heteroatoms. The number of amidine groups is 1. The quantitative estimate of drug-likeness (QED) is 0.803. The second kappa shape index (κ2) is 6.76. The van der Waals surface area contributed by atoms with Gasteiger partial charge in [0.25, 0.3) is 0 Å². The maximum absolute atomic E-state index is 14.0. The smallest absolute Gasteiger partial charge is 0.224 e. The number of likely N-dealkylation sites (tertiary alicyclic amines) is 1. The van der Waals surface area contributed by atoms with E-state index >= 15 is 0 Å². The molecule has 1 amide bonds. The zero-order valence-corrected chi connectivity index (χ0v) is 14.3. The van der Waals surface area contributed by atoms with Gasteiger partial charge in [-0.25, -0.2) is 18.8 Å². The Balaban J connectivity index is 1.98. The standard InChI is InChI=1S/C17H17F2N3OS/c1-10-16(12-6-5-7-13(18)15(12)19)21-17(24-10)20-14-8-3-4-9-22(14)11(2)23/h5-7H,3-4,8-9H2,1-2H3. The molecule has 0 atom stereocenters. The minimum atomic E-state index is -0.909. The van der Waals surface area contributed by atoms with Crippen LogP contribution >= 0.6 is 11.3 Å². The SMILES string of the molecule is CC(=O)N1CCCCC1=Nc1nc(-c2cccc(F)c2F)c(C)s1. The molecule has 0 radical (unpaired) electrons. The fraction of sp³-hybridized carbons (Fsp3) is 0.353. The summed E-state index contributed by atoms with van der Waals surface area (Å²) in [5.74, 6) is -1.16. The van der Waals surface area contributed by atoms with Gasteiger partial charge >= 0.3 is 0 Å². The molecule has 0 bridgehead atoms. The van der Waals surface area contributed by atoms with E-state index < -0.39 is 11.6 Å². The first-order valence-electron chi connectivity index (χ1n) is 7.75. The number of thiazole rings is 1. The number of nitrogens with zero attached hydrogens (tertiary/aromatic N) is 3. The van der Waals surface area contributed by atoms with Crippen LogP contribution in [0.3, 0.4) is 0 Å². The molecule has 0 spiro atoms. The van der Waals surface area contributed by atoms with Crippen molar-refractivity contribution in [1.82, 2.24) is 9.88 Å². The average Bonchev–Trinajstić information content (AvgIpc) is 2.90. The summed E-state index contributed by atoms with van der Waals surface area (Å²) in [5.41, 5.74) is 0.517. The fourth-order valence-corrected chi connectivity index (χ4v) is 3.56. The predicted molar refractivity (Wildman–Crippen MR) is 90.5 cm³/mol. The molecule has 2 heterocycles.